The van der Waals surface area contributed by atoms with Crippen LogP contribution in [0.1, 0.15) is 59.3 Å². The van der Waals surface area contributed by atoms with Crippen molar-refractivity contribution in [3.63, 3.8) is 0 Å². The summed E-state index contributed by atoms with van der Waals surface area (Å²) < 4.78 is 11.5. The Bertz CT molecular complexity index is 518. The van der Waals surface area contributed by atoms with Crippen LogP contribution < -0.4 is 15.8 Å². The van der Waals surface area contributed by atoms with Gasteiger partial charge in [0.05, 0.1) is 12.7 Å². The Morgan fingerprint density at radius 3 is 2.62 bits per heavy atom. The SMILES string of the molecule is CCOc1cccc(NC(O)C(OC(C)C)[C@H](N)CC2CCCCC2)c1. The molecule has 5 heteroatoms. The fourth-order valence-corrected chi connectivity index (χ4v) is 3.76. The van der Waals surface area contributed by atoms with E-state index in [4.69, 9.17) is 15.2 Å². The first-order valence-corrected chi connectivity index (χ1v) is 10.1. The highest BCUT2D eigenvalue weighted by molar-refractivity contribution is 5.48. The molecule has 4 N–H and O–H groups in total. The van der Waals surface area contributed by atoms with Crippen LogP contribution in [-0.2, 0) is 4.74 Å². The zero-order valence-electron chi connectivity index (χ0n) is 16.5. The maximum absolute atomic E-state index is 10.8. The lowest BCUT2D eigenvalue weighted by atomic mass is 9.83. The quantitative estimate of drug-likeness (QED) is 0.549. The van der Waals surface area contributed by atoms with Crippen molar-refractivity contribution >= 4 is 5.69 Å². The molecule has 148 valence electrons. The molecule has 0 saturated heterocycles. The predicted molar refractivity (Wildman–Crippen MR) is 106 cm³/mol. The van der Waals surface area contributed by atoms with Crippen LogP contribution in [0.25, 0.3) is 0 Å². The second-order valence-electron chi connectivity index (χ2n) is 7.60. The molecule has 0 heterocycles. The van der Waals surface area contributed by atoms with Crippen molar-refractivity contribution in [1.29, 1.82) is 0 Å². The van der Waals surface area contributed by atoms with Gasteiger partial charge in [0.2, 0.25) is 0 Å². The molecule has 0 bridgehead atoms. The van der Waals surface area contributed by atoms with Crippen LogP contribution in [0, 0.1) is 5.92 Å². The standard InChI is InChI=1S/C21H36N2O3/c1-4-25-18-12-8-11-17(14-18)23-21(24)20(26-15(2)3)19(22)13-16-9-6-5-7-10-16/h8,11-12,14-16,19-21,23-24H,4-7,9-10,13,22H2,1-3H3/t19-,20?,21?/m1/s1. The lowest BCUT2D eigenvalue weighted by molar-refractivity contribution is -0.0704. The van der Waals surface area contributed by atoms with E-state index in [0.717, 1.165) is 17.9 Å². The summed E-state index contributed by atoms with van der Waals surface area (Å²) in [5.41, 5.74) is 7.28. The maximum atomic E-state index is 10.8. The smallest absolute Gasteiger partial charge is 0.152 e. The molecule has 1 aliphatic carbocycles. The van der Waals surface area contributed by atoms with Gasteiger partial charge in [-0.2, -0.15) is 0 Å². The van der Waals surface area contributed by atoms with Gasteiger partial charge in [-0.25, -0.2) is 0 Å². The Hall–Kier alpha value is -1.30. The first kappa shape index (κ1) is 21.0. The highest BCUT2D eigenvalue weighted by Crippen LogP contribution is 2.29. The monoisotopic (exact) mass is 364 g/mol. The van der Waals surface area contributed by atoms with Crippen molar-refractivity contribution in [1.82, 2.24) is 0 Å². The summed E-state index contributed by atoms with van der Waals surface area (Å²) in [6.45, 7) is 6.51. The van der Waals surface area contributed by atoms with Crippen molar-refractivity contribution in [3.8, 4) is 5.75 Å². The summed E-state index contributed by atoms with van der Waals surface area (Å²) in [6, 6.07) is 7.40. The number of aliphatic hydroxyl groups is 1. The van der Waals surface area contributed by atoms with Gasteiger partial charge in [-0.05, 0) is 45.2 Å². The summed E-state index contributed by atoms with van der Waals surface area (Å²) >= 11 is 0. The molecule has 3 atom stereocenters. The molecule has 0 aliphatic heterocycles. The van der Waals surface area contributed by atoms with Gasteiger partial charge in [0.15, 0.2) is 6.23 Å². The molecule has 0 aromatic heterocycles. The van der Waals surface area contributed by atoms with Gasteiger partial charge in [0.25, 0.3) is 0 Å². The average molecular weight is 365 g/mol. The lowest BCUT2D eigenvalue weighted by Gasteiger charge is -2.34. The molecule has 2 unspecified atom stereocenters. The topological polar surface area (TPSA) is 76.7 Å². The number of aliphatic hydroxyl groups excluding tert-OH is 1. The largest absolute Gasteiger partial charge is 0.494 e. The molecule has 1 aliphatic rings. The number of hydrogen-bond acceptors (Lipinski definition) is 5. The van der Waals surface area contributed by atoms with Crippen molar-refractivity contribution < 1.29 is 14.6 Å². The lowest BCUT2D eigenvalue weighted by Crippen LogP contribution is -2.50. The van der Waals surface area contributed by atoms with Crippen molar-refractivity contribution in [2.75, 3.05) is 11.9 Å². The van der Waals surface area contributed by atoms with E-state index in [1.165, 1.54) is 32.1 Å². The minimum Gasteiger partial charge on any atom is -0.494 e. The number of nitrogens with one attached hydrogen (secondary N) is 1. The van der Waals surface area contributed by atoms with E-state index in [-0.39, 0.29) is 12.1 Å². The molecule has 1 aromatic carbocycles. The van der Waals surface area contributed by atoms with Gasteiger partial charge >= 0.3 is 0 Å². The van der Waals surface area contributed by atoms with Crippen LogP contribution >= 0.6 is 0 Å². The number of benzene rings is 1. The van der Waals surface area contributed by atoms with E-state index in [9.17, 15) is 5.11 Å². The van der Waals surface area contributed by atoms with Crippen LogP contribution in [-0.4, -0.2) is 36.2 Å². The summed E-state index contributed by atoms with van der Waals surface area (Å²) in [7, 11) is 0. The third-order valence-corrected chi connectivity index (χ3v) is 4.95. The maximum Gasteiger partial charge on any atom is 0.152 e. The fraction of sp³-hybridized carbons (Fsp3) is 0.714. The van der Waals surface area contributed by atoms with E-state index in [2.05, 4.69) is 5.32 Å². The number of nitrogens with two attached hydrogens (primary N) is 1. The molecular formula is C21H36N2O3. The van der Waals surface area contributed by atoms with Gasteiger partial charge in [-0.3, -0.25) is 0 Å². The molecular weight excluding hydrogens is 328 g/mol. The molecule has 0 amide bonds. The number of hydrogen-bond donors (Lipinski definition) is 3. The van der Waals surface area contributed by atoms with E-state index in [1.54, 1.807) is 0 Å². The Morgan fingerprint density at radius 1 is 1.23 bits per heavy atom. The van der Waals surface area contributed by atoms with E-state index < -0.39 is 12.3 Å². The van der Waals surface area contributed by atoms with Gasteiger partial charge < -0.3 is 25.6 Å². The minimum absolute atomic E-state index is 0.00335. The van der Waals surface area contributed by atoms with Crippen LogP contribution in [0.3, 0.4) is 0 Å². The van der Waals surface area contributed by atoms with Crippen molar-refractivity contribution in [2.24, 2.45) is 11.7 Å². The van der Waals surface area contributed by atoms with Crippen LogP contribution in [0.5, 0.6) is 5.75 Å². The number of ether oxygens (including phenoxy) is 2. The molecule has 1 fully saturated rings. The molecule has 2 rings (SSSR count). The molecule has 0 radical (unpaired) electrons. The molecule has 1 saturated carbocycles. The number of rotatable bonds is 10. The van der Waals surface area contributed by atoms with E-state index in [0.29, 0.717) is 12.5 Å². The molecule has 0 spiro atoms. The first-order valence-electron chi connectivity index (χ1n) is 10.1. The molecule has 5 nitrogen and oxygen atoms in total. The van der Waals surface area contributed by atoms with Gasteiger partial charge in [-0.15, -0.1) is 0 Å². The number of anilines is 1. The first-order chi connectivity index (χ1) is 12.5. The second-order valence-corrected chi connectivity index (χ2v) is 7.60. The summed E-state index contributed by atoms with van der Waals surface area (Å²) in [5, 5.41) is 13.9. The van der Waals surface area contributed by atoms with E-state index in [1.807, 2.05) is 45.0 Å². The molecule has 1 aromatic rings. The van der Waals surface area contributed by atoms with Gasteiger partial charge in [0, 0.05) is 17.8 Å². The third kappa shape index (κ3) is 6.78. The predicted octanol–water partition coefficient (Wildman–Crippen LogP) is 3.91. The highest BCUT2D eigenvalue weighted by Gasteiger charge is 2.30. The Kier molecular flexibility index (Phi) is 8.69. The summed E-state index contributed by atoms with van der Waals surface area (Å²) in [5.74, 6) is 1.42. The second kappa shape index (κ2) is 10.8. The van der Waals surface area contributed by atoms with Gasteiger partial charge in [-0.1, -0.05) is 38.2 Å². The highest BCUT2D eigenvalue weighted by atomic mass is 16.5. The fourth-order valence-electron chi connectivity index (χ4n) is 3.76. The van der Waals surface area contributed by atoms with Crippen LogP contribution in [0.2, 0.25) is 0 Å². The minimum atomic E-state index is -0.868. The van der Waals surface area contributed by atoms with Crippen molar-refractivity contribution in [2.45, 2.75) is 83.8 Å². The average Bonchev–Trinajstić information content (AvgIpc) is 2.61. The normalized spacial score (nSPS) is 19.2. The Morgan fingerprint density at radius 2 is 1.96 bits per heavy atom. The Labute approximate surface area is 158 Å². The summed E-state index contributed by atoms with van der Waals surface area (Å²) in [6.07, 6.45) is 5.97. The zero-order chi connectivity index (χ0) is 18.9. The molecule has 26 heavy (non-hydrogen) atoms. The van der Waals surface area contributed by atoms with Gasteiger partial charge in [0.1, 0.15) is 11.9 Å². The van der Waals surface area contributed by atoms with Crippen LogP contribution in [0.4, 0.5) is 5.69 Å². The third-order valence-electron chi connectivity index (χ3n) is 4.95. The summed E-state index contributed by atoms with van der Waals surface area (Å²) in [4.78, 5) is 0. The Balaban J connectivity index is 2.00. The van der Waals surface area contributed by atoms with E-state index >= 15 is 0 Å². The van der Waals surface area contributed by atoms with Crippen molar-refractivity contribution in [3.05, 3.63) is 24.3 Å². The zero-order valence-corrected chi connectivity index (χ0v) is 16.5. The van der Waals surface area contributed by atoms with Crippen LogP contribution in [0.15, 0.2) is 24.3 Å².